The molecule has 122 valence electrons. The monoisotopic (exact) mass is 307 g/mol. The lowest BCUT2D eigenvalue weighted by Gasteiger charge is -2.16. The molecule has 1 aliphatic rings. The molecule has 0 radical (unpaired) electrons. The number of amides is 1. The average Bonchev–Trinajstić information content (AvgIpc) is 2.95. The van der Waals surface area contributed by atoms with E-state index in [-0.39, 0.29) is 17.9 Å². The van der Waals surface area contributed by atoms with E-state index in [4.69, 9.17) is 9.47 Å². The predicted octanol–water partition coefficient (Wildman–Crippen LogP) is 2.37. The van der Waals surface area contributed by atoms with E-state index in [9.17, 15) is 9.90 Å². The Balaban J connectivity index is 2.03. The number of carbonyl (C=O) groups excluding carboxylic acids is 1. The molecule has 1 aliphatic carbocycles. The lowest BCUT2D eigenvalue weighted by Crippen LogP contribution is -2.32. The first-order valence-corrected chi connectivity index (χ1v) is 7.92. The molecule has 2 atom stereocenters. The topological polar surface area (TPSA) is 67.8 Å². The molecule has 1 saturated carbocycles. The fourth-order valence-electron chi connectivity index (χ4n) is 2.72. The molecule has 2 rings (SSSR count). The van der Waals surface area contributed by atoms with Gasteiger partial charge in [-0.25, -0.2) is 0 Å². The Labute approximate surface area is 131 Å². The highest BCUT2D eigenvalue weighted by atomic mass is 16.5. The zero-order chi connectivity index (χ0) is 15.9. The number of rotatable bonds is 7. The molecular weight excluding hydrogens is 282 g/mol. The lowest BCUT2D eigenvalue weighted by atomic mass is 10.1. The number of hydrogen-bond donors (Lipinski definition) is 2. The Bertz CT molecular complexity index is 503. The molecule has 1 fully saturated rings. The molecule has 1 amide bonds. The van der Waals surface area contributed by atoms with Crippen LogP contribution in [0, 0.1) is 5.92 Å². The van der Waals surface area contributed by atoms with Crippen molar-refractivity contribution in [2.45, 2.75) is 38.7 Å². The van der Waals surface area contributed by atoms with Gasteiger partial charge in [-0.3, -0.25) is 4.79 Å². The van der Waals surface area contributed by atoms with E-state index < -0.39 is 0 Å². The summed E-state index contributed by atoms with van der Waals surface area (Å²) in [5.74, 6) is 1.18. The standard InChI is InChI=1S/C17H25NO4/c1-3-9-22-16-10-13(21-2)7-8-14(16)17(20)18-11-12-5-4-6-15(12)19/h7-8,10,12,15,19H,3-6,9,11H2,1-2H3,(H,18,20)/t12-,15+/m0/s1. The van der Waals surface area contributed by atoms with Crippen molar-refractivity contribution in [3.8, 4) is 11.5 Å². The van der Waals surface area contributed by atoms with Crippen molar-refractivity contribution in [3.63, 3.8) is 0 Å². The molecule has 0 heterocycles. The van der Waals surface area contributed by atoms with Gasteiger partial charge in [0.1, 0.15) is 11.5 Å². The Kier molecular flexibility index (Phi) is 6.07. The lowest BCUT2D eigenvalue weighted by molar-refractivity contribution is 0.0913. The maximum absolute atomic E-state index is 12.4. The zero-order valence-electron chi connectivity index (χ0n) is 13.3. The minimum Gasteiger partial charge on any atom is -0.497 e. The van der Waals surface area contributed by atoms with Crippen LogP contribution in [-0.2, 0) is 0 Å². The summed E-state index contributed by atoms with van der Waals surface area (Å²) in [5, 5.41) is 12.7. The highest BCUT2D eigenvalue weighted by Crippen LogP contribution is 2.27. The molecule has 5 nitrogen and oxygen atoms in total. The molecule has 0 saturated heterocycles. The van der Waals surface area contributed by atoms with Crippen LogP contribution in [0.5, 0.6) is 11.5 Å². The first kappa shape index (κ1) is 16.6. The van der Waals surface area contributed by atoms with Crippen LogP contribution in [0.1, 0.15) is 43.0 Å². The normalized spacial score (nSPS) is 20.7. The summed E-state index contributed by atoms with van der Waals surface area (Å²) in [6.45, 7) is 3.06. The molecule has 0 aliphatic heterocycles. The minimum absolute atomic E-state index is 0.155. The Morgan fingerprint density at radius 3 is 2.86 bits per heavy atom. The summed E-state index contributed by atoms with van der Waals surface area (Å²) in [6.07, 6.45) is 3.38. The third-order valence-corrected chi connectivity index (χ3v) is 4.04. The quantitative estimate of drug-likeness (QED) is 0.811. The van der Waals surface area contributed by atoms with Gasteiger partial charge in [-0.1, -0.05) is 13.3 Å². The van der Waals surface area contributed by atoms with Crippen molar-refractivity contribution in [2.24, 2.45) is 5.92 Å². The molecule has 5 heteroatoms. The first-order valence-electron chi connectivity index (χ1n) is 7.92. The summed E-state index contributed by atoms with van der Waals surface area (Å²) >= 11 is 0. The molecule has 0 spiro atoms. The van der Waals surface area contributed by atoms with Gasteiger partial charge in [0.2, 0.25) is 0 Å². The number of ether oxygens (including phenoxy) is 2. The van der Waals surface area contributed by atoms with Crippen LogP contribution < -0.4 is 14.8 Å². The van der Waals surface area contributed by atoms with Gasteiger partial charge in [0.25, 0.3) is 5.91 Å². The third-order valence-electron chi connectivity index (χ3n) is 4.04. The second kappa shape index (κ2) is 8.03. The zero-order valence-corrected chi connectivity index (χ0v) is 13.3. The van der Waals surface area contributed by atoms with Gasteiger partial charge in [-0.15, -0.1) is 0 Å². The molecular formula is C17H25NO4. The van der Waals surface area contributed by atoms with Gasteiger partial charge >= 0.3 is 0 Å². The van der Waals surface area contributed by atoms with Crippen molar-refractivity contribution < 1.29 is 19.4 Å². The fourth-order valence-corrected chi connectivity index (χ4v) is 2.72. The Morgan fingerprint density at radius 1 is 1.41 bits per heavy atom. The summed E-state index contributed by atoms with van der Waals surface area (Å²) in [6, 6.07) is 5.19. The second-order valence-corrected chi connectivity index (χ2v) is 5.68. The molecule has 2 N–H and O–H groups in total. The SMILES string of the molecule is CCCOc1cc(OC)ccc1C(=O)NC[C@@H]1CCC[C@H]1O. The van der Waals surface area contributed by atoms with Crippen LogP contribution in [0.15, 0.2) is 18.2 Å². The molecule has 0 bridgehead atoms. The van der Waals surface area contributed by atoms with E-state index in [2.05, 4.69) is 5.32 Å². The van der Waals surface area contributed by atoms with Crippen molar-refractivity contribution in [3.05, 3.63) is 23.8 Å². The van der Waals surface area contributed by atoms with E-state index >= 15 is 0 Å². The molecule has 1 aromatic rings. The van der Waals surface area contributed by atoms with Crippen molar-refractivity contribution in [1.29, 1.82) is 0 Å². The highest BCUT2D eigenvalue weighted by molar-refractivity contribution is 5.97. The Hall–Kier alpha value is -1.75. The predicted molar refractivity (Wildman–Crippen MR) is 84.5 cm³/mol. The van der Waals surface area contributed by atoms with Gasteiger partial charge in [-0.05, 0) is 31.4 Å². The first-order chi connectivity index (χ1) is 10.7. The number of aliphatic hydroxyl groups is 1. The number of aliphatic hydroxyl groups excluding tert-OH is 1. The van der Waals surface area contributed by atoms with E-state index in [1.807, 2.05) is 6.92 Å². The number of carbonyl (C=O) groups is 1. The van der Waals surface area contributed by atoms with Gasteiger partial charge in [0.05, 0.1) is 25.4 Å². The third kappa shape index (κ3) is 4.13. The number of hydrogen-bond acceptors (Lipinski definition) is 4. The molecule has 1 aromatic carbocycles. The largest absolute Gasteiger partial charge is 0.497 e. The van der Waals surface area contributed by atoms with Gasteiger partial charge in [-0.2, -0.15) is 0 Å². The number of nitrogens with one attached hydrogen (secondary N) is 1. The van der Waals surface area contributed by atoms with Crippen LogP contribution in [0.4, 0.5) is 0 Å². The van der Waals surface area contributed by atoms with E-state index in [0.717, 1.165) is 25.7 Å². The average molecular weight is 307 g/mol. The van der Waals surface area contributed by atoms with Crippen molar-refractivity contribution in [2.75, 3.05) is 20.3 Å². The smallest absolute Gasteiger partial charge is 0.255 e. The van der Waals surface area contributed by atoms with E-state index in [1.54, 1.807) is 25.3 Å². The van der Waals surface area contributed by atoms with Crippen LogP contribution in [0.2, 0.25) is 0 Å². The van der Waals surface area contributed by atoms with E-state index in [1.165, 1.54) is 0 Å². The van der Waals surface area contributed by atoms with Crippen LogP contribution in [0.3, 0.4) is 0 Å². The molecule has 22 heavy (non-hydrogen) atoms. The minimum atomic E-state index is -0.299. The van der Waals surface area contributed by atoms with Gasteiger partial charge < -0.3 is 19.9 Å². The van der Waals surface area contributed by atoms with Gasteiger partial charge in [0, 0.05) is 18.5 Å². The van der Waals surface area contributed by atoms with Crippen LogP contribution in [0.25, 0.3) is 0 Å². The van der Waals surface area contributed by atoms with Gasteiger partial charge in [0.15, 0.2) is 0 Å². The maximum Gasteiger partial charge on any atom is 0.255 e. The summed E-state index contributed by atoms with van der Waals surface area (Å²) in [5.41, 5.74) is 0.502. The molecule has 0 unspecified atom stereocenters. The van der Waals surface area contributed by atoms with Crippen LogP contribution in [-0.4, -0.2) is 37.4 Å². The number of benzene rings is 1. The Morgan fingerprint density at radius 2 is 2.23 bits per heavy atom. The summed E-state index contributed by atoms with van der Waals surface area (Å²) < 4.78 is 10.8. The second-order valence-electron chi connectivity index (χ2n) is 5.68. The van der Waals surface area contributed by atoms with Crippen molar-refractivity contribution in [1.82, 2.24) is 5.32 Å². The maximum atomic E-state index is 12.4. The van der Waals surface area contributed by atoms with Crippen molar-refractivity contribution >= 4 is 5.91 Å². The molecule has 0 aromatic heterocycles. The summed E-state index contributed by atoms with van der Waals surface area (Å²) in [4.78, 5) is 12.4. The fraction of sp³-hybridized carbons (Fsp3) is 0.588. The number of methoxy groups -OCH3 is 1. The van der Waals surface area contributed by atoms with E-state index in [0.29, 0.717) is 30.2 Å². The summed E-state index contributed by atoms with van der Waals surface area (Å²) in [7, 11) is 1.58. The highest BCUT2D eigenvalue weighted by Gasteiger charge is 2.26. The van der Waals surface area contributed by atoms with Crippen LogP contribution >= 0.6 is 0 Å².